The van der Waals surface area contributed by atoms with Crippen LogP contribution in [0.2, 0.25) is 0 Å². The van der Waals surface area contributed by atoms with Crippen LogP contribution in [0, 0.1) is 12.8 Å². The summed E-state index contributed by atoms with van der Waals surface area (Å²) < 4.78 is 0. The summed E-state index contributed by atoms with van der Waals surface area (Å²) in [5.74, 6) is -1.23. The van der Waals surface area contributed by atoms with Crippen molar-refractivity contribution in [2.75, 3.05) is 6.54 Å². The lowest BCUT2D eigenvalue weighted by Crippen LogP contribution is -2.38. The highest BCUT2D eigenvalue weighted by atomic mass is 16.4. The third kappa shape index (κ3) is 4.86. The molecule has 0 saturated heterocycles. The van der Waals surface area contributed by atoms with Crippen LogP contribution in [0.15, 0.2) is 24.3 Å². The molecule has 0 heterocycles. The number of rotatable bonds is 8. The standard InChI is InChI=1S/C18H25NO3/c1-13-6-8-15(9-7-13)4-3-5-17(20)19(16-10-11-16)12-14(2)18(21)22/h6-9,14,16H,3-5,10-12H2,1-2H3,(H,21,22). The third-order valence-electron chi connectivity index (χ3n) is 4.18. The van der Waals surface area contributed by atoms with Crippen LogP contribution >= 0.6 is 0 Å². The Morgan fingerprint density at radius 2 is 1.91 bits per heavy atom. The second-order valence-corrected chi connectivity index (χ2v) is 6.36. The molecular weight excluding hydrogens is 278 g/mol. The van der Waals surface area contributed by atoms with Crippen LogP contribution < -0.4 is 0 Å². The molecule has 1 atom stereocenters. The molecule has 1 saturated carbocycles. The molecule has 1 aromatic carbocycles. The largest absolute Gasteiger partial charge is 0.481 e. The van der Waals surface area contributed by atoms with E-state index >= 15 is 0 Å². The van der Waals surface area contributed by atoms with E-state index < -0.39 is 11.9 Å². The van der Waals surface area contributed by atoms with Crippen molar-refractivity contribution in [2.24, 2.45) is 5.92 Å². The SMILES string of the molecule is Cc1ccc(CCCC(=O)N(CC(C)C(=O)O)C2CC2)cc1. The lowest BCUT2D eigenvalue weighted by Gasteiger charge is -2.24. The van der Waals surface area contributed by atoms with Gasteiger partial charge in [-0.15, -0.1) is 0 Å². The van der Waals surface area contributed by atoms with E-state index in [0.717, 1.165) is 25.7 Å². The Balaban J connectivity index is 1.81. The average molecular weight is 303 g/mol. The van der Waals surface area contributed by atoms with E-state index in [1.807, 2.05) is 0 Å². The van der Waals surface area contributed by atoms with E-state index in [0.29, 0.717) is 13.0 Å². The van der Waals surface area contributed by atoms with Crippen LogP contribution in [0.25, 0.3) is 0 Å². The van der Waals surface area contributed by atoms with Gasteiger partial charge in [0, 0.05) is 19.0 Å². The van der Waals surface area contributed by atoms with Gasteiger partial charge in [0.1, 0.15) is 0 Å². The fraction of sp³-hybridized carbons (Fsp3) is 0.556. The lowest BCUT2D eigenvalue weighted by atomic mass is 10.1. The van der Waals surface area contributed by atoms with E-state index in [2.05, 4.69) is 31.2 Å². The summed E-state index contributed by atoms with van der Waals surface area (Å²) in [4.78, 5) is 25.1. The molecule has 1 aliphatic rings. The number of nitrogens with zero attached hydrogens (tertiary/aromatic N) is 1. The van der Waals surface area contributed by atoms with Gasteiger partial charge in [0.15, 0.2) is 0 Å². The van der Waals surface area contributed by atoms with Gasteiger partial charge in [-0.05, 0) is 38.2 Å². The summed E-state index contributed by atoms with van der Waals surface area (Å²) in [7, 11) is 0. The van der Waals surface area contributed by atoms with Crippen LogP contribution in [0.5, 0.6) is 0 Å². The number of aryl methyl sites for hydroxylation is 2. The predicted molar refractivity (Wildman–Crippen MR) is 85.7 cm³/mol. The number of carbonyl (C=O) groups is 2. The number of carboxylic acid groups (broad SMARTS) is 1. The third-order valence-corrected chi connectivity index (χ3v) is 4.18. The Bertz CT molecular complexity index is 520. The zero-order valence-corrected chi connectivity index (χ0v) is 13.4. The van der Waals surface area contributed by atoms with Crippen molar-refractivity contribution >= 4 is 11.9 Å². The zero-order chi connectivity index (χ0) is 16.1. The Morgan fingerprint density at radius 1 is 1.27 bits per heavy atom. The van der Waals surface area contributed by atoms with Gasteiger partial charge >= 0.3 is 5.97 Å². The van der Waals surface area contributed by atoms with Crippen molar-refractivity contribution in [3.05, 3.63) is 35.4 Å². The van der Waals surface area contributed by atoms with Gasteiger partial charge in [0.2, 0.25) is 5.91 Å². The molecule has 1 fully saturated rings. The summed E-state index contributed by atoms with van der Waals surface area (Å²) in [6.45, 7) is 4.06. The maximum absolute atomic E-state index is 12.4. The van der Waals surface area contributed by atoms with Crippen LogP contribution in [0.1, 0.15) is 43.7 Å². The minimum atomic E-state index is -0.835. The van der Waals surface area contributed by atoms with E-state index in [9.17, 15) is 9.59 Å². The first-order valence-corrected chi connectivity index (χ1v) is 8.05. The van der Waals surface area contributed by atoms with Gasteiger partial charge in [0.25, 0.3) is 0 Å². The number of carbonyl (C=O) groups excluding carboxylic acids is 1. The molecule has 4 nitrogen and oxygen atoms in total. The molecule has 1 N–H and O–H groups in total. The van der Waals surface area contributed by atoms with Crippen LogP contribution in [0.4, 0.5) is 0 Å². The summed E-state index contributed by atoms with van der Waals surface area (Å²) in [6.07, 6.45) is 4.22. The molecule has 1 unspecified atom stereocenters. The maximum atomic E-state index is 12.4. The second-order valence-electron chi connectivity index (χ2n) is 6.36. The molecule has 4 heteroatoms. The van der Waals surface area contributed by atoms with Gasteiger partial charge in [0.05, 0.1) is 5.92 Å². The predicted octanol–water partition coefficient (Wildman–Crippen LogP) is 3.03. The van der Waals surface area contributed by atoms with Gasteiger partial charge in [-0.3, -0.25) is 9.59 Å². The van der Waals surface area contributed by atoms with E-state index in [1.165, 1.54) is 11.1 Å². The van der Waals surface area contributed by atoms with Crippen LogP contribution in [-0.4, -0.2) is 34.5 Å². The van der Waals surface area contributed by atoms with Crippen LogP contribution in [-0.2, 0) is 16.0 Å². The van der Waals surface area contributed by atoms with Gasteiger partial charge < -0.3 is 10.0 Å². The molecule has 120 valence electrons. The molecule has 0 aromatic heterocycles. The second kappa shape index (κ2) is 7.43. The normalized spacial score (nSPS) is 15.4. The molecule has 1 aromatic rings. The number of hydrogen-bond donors (Lipinski definition) is 1. The van der Waals surface area contributed by atoms with Crippen molar-refractivity contribution in [1.82, 2.24) is 4.90 Å². The Labute approximate surface area is 132 Å². The quantitative estimate of drug-likeness (QED) is 0.803. The molecule has 0 bridgehead atoms. The van der Waals surface area contributed by atoms with E-state index in [1.54, 1.807) is 11.8 Å². The van der Waals surface area contributed by atoms with Crippen molar-refractivity contribution in [3.63, 3.8) is 0 Å². The Kier molecular flexibility index (Phi) is 5.58. The number of hydrogen-bond acceptors (Lipinski definition) is 2. The van der Waals surface area contributed by atoms with Crippen molar-refractivity contribution in [2.45, 2.75) is 52.0 Å². The summed E-state index contributed by atoms with van der Waals surface area (Å²) in [5, 5.41) is 9.02. The van der Waals surface area contributed by atoms with Crippen LogP contribution in [0.3, 0.4) is 0 Å². The summed E-state index contributed by atoms with van der Waals surface area (Å²) >= 11 is 0. The zero-order valence-electron chi connectivity index (χ0n) is 13.4. The van der Waals surface area contributed by atoms with Gasteiger partial charge in [-0.25, -0.2) is 0 Å². The molecule has 2 rings (SSSR count). The molecule has 0 spiro atoms. The van der Waals surface area contributed by atoms with E-state index in [4.69, 9.17) is 5.11 Å². The monoisotopic (exact) mass is 303 g/mol. The Morgan fingerprint density at radius 3 is 2.45 bits per heavy atom. The lowest BCUT2D eigenvalue weighted by molar-refractivity contribution is -0.143. The number of benzene rings is 1. The molecule has 0 radical (unpaired) electrons. The first-order valence-electron chi connectivity index (χ1n) is 8.05. The number of aliphatic carboxylic acids is 1. The number of carboxylic acids is 1. The fourth-order valence-corrected chi connectivity index (χ4v) is 2.56. The molecule has 0 aliphatic heterocycles. The summed E-state index contributed by atoms with van der Waals surface area (Å²) in [6, 6.07) is 8.65. The molecule has 1 aliphatic carbocycles. The number of amides is 1. The topological polar surface area (TPSA) is 57.6 Å². The first kappa shape index (κ1) is 16.5. The van der Waals surface area contributed by atoms with Crippen molar-refractivity contribution < 1.29 is 14.7 Å². The minimum Gasteiger partial charge on any atom is -0.481 e. The van der Waals surface area contributed by atoms with Gasteiger partial charge in [-0.1, -0.05) is 36.8 Å². The molecular formula is C18H25NO3. The Hall–Kier alpha value is -1.84. The molecule has 1 amide bonds. The maximum Gasteiger partial charge on any atom is 0.308 e. The average Bonchev–Trinajstić information content (AvgIpc) is 3.30. The summed E-state index contributed by atoms with van der Waals surface area (Å²) in [5.41, 5.74) is 2.48. The van der Waals surface area contributed by atoms with Gasteiger partial charge in [-0.2, -0.15) is 0 Å². The first-order chi connectivity index (χ1) is 10.5. The molecule has 22 heavy (non-hydrogen) atoms. The minimum absolute atomic E-state index is 0.0997. The highest BCUT2D eigenvalue weighted by Crippen LogP contribution is 2.28. The smallest absolute Gasteiger partial charge is 0.308 e. The highest BCUT2D eigenvalue weighted by molar-refractivity contribution is 5.78. The van der Waals surface area contributed by atoms with Crippen molar-refractivity contribution in [1.29, 1.82) is 0 Å². The highest BCUT2D eigenvalue weighted by Gasteiger charge is 2.33. The fourth-order valence-electron chi connectivity index (χ4n) is 2.56. The van der Waals surface area contributed by atoms with E-state index in [-0.39, 0.29) is 11.9 Å². The van der Waals surface area contributed by atoms with Crippen molar-refractivity contribution in [3.8, 4) is 0 Å².